The fraction of sp³-hybridized carbons (Fsp3) is 0.200. The van der Waals surface area contributed by atoms with Gasteiger partial charge in [-0.25, -0.2) is 13.6 Å². The van der Waals surface area contributed by atoms with Crippen molar-refractivity contribution in [3.05, 3.63) is 57.9 Å². The second-order valence-corrected chi connectivity index (χ2v) is 7.22. The van der Waals surface area contributed by atoms with Crippen LogP contribution < -0.4 is 15.2 Å². The van der Waals surface area contributed by atoms with Crippen molar-refractivity contribution in [3.63, 3.8) is 0 Å². The summed E-state index contributed by atoms with van der Waals surface area (Å²) in [4.78, 5) is 12.1. The number of nitrogens with one attached hydrogen (secondary N) is 1. The number of aromatic nitrogens is 1. The highest BCUT2D eigenvalue weighted by Crippen LogP contribution is 2.21. The van der Waals surface area contributed by atoms with Gasteiger partial charge in [-0.2, -0.15) is 0 Å². The lowest BCUT2D eigenvalue weighted by Crippen LogP contribution is -2.53. The van der Waals surface area contributed by atoms with Crippen molar-refractivity contribution in [3.8, 4) is 0 Å². The van der Waals surface area contributed by atoms with Gasteiger partial charge < -0.3 is 0 Å². The van der Waals surface area contributed by atoms with Gasteiger partial charge in [-0.05, 0) is 30.7 Å². The molecule has 6 nitrogen and oxygen atoms in total. The Bertz CT molecular complexity index is 872. The first-order chi connectivity index (χ1) is 10.6. The van der Waals surface area contributed by atoms with Gasteiger partial charge in [0.25, 0.3) is 0 Å². The fourth-order valence-corrected chi connectivity index (χ4v) is 3.38. The number of sulfonamides is 1. The van der Waals surface area contributed by atoms with Crippen LogP contribution in [0.15, 0.2) is 35.2 Å². The standard InChI is InChI=1S/C15H16ClN3O3S/c1-9-6-10(2)19(11(3)7-9)18-15(20)12-4-5-13(16)14(8-12)23(17,21)22/h4-8H,1-3H3,(H2-,17,18,20,21,22)/p+1. The summed E-state index contributed by atoms with van der Waals surface area (Å²) < 4.78 is 24.6. The first-order valence-corrected chi connectivity index (χ1v) is 8.65. The molecule has 122 valence electrons. The third-order valence-electron chi connectivity index (χ3n) is 3.29. The topological polar surface area (TPSA) is 93.1 Å². The van der Waals surface area contributed by atoms with Gasteiger partial charge in [0, 0.05) is 31.5 Å². The zero-order valence-electron chi connectivity index (χ0n) is 12.9. The first kappa shape index (κ1) is 17.4. The molecule has 23 heavy (non-hydrogen) atoms. The van der Waals surface area contributed by atoms with Crippen molar-refractivity contribution in [1.82, 2.24) is 0 Å². The second-order valence-electron chi connectivity index (χ2n) is 5.28. The number of hydrogen-bond donors (Lipinski definition) is 2. The summed E-state index contributed by atoms with van der Waals surface area (Å²) in [5.41, 5.74) is 5.63. The Morgan fingerprint density at radius 3 is 2.22 bits per heavy atom. The van der Waals surface area contributed by atoms with E-state index in [-0.39, 0.29) is 15.5 Å². The van der Waals surface area contributed by atoms with Crippen LogP contribution in [-0.4, -0.2) is 14.3 Å². The molecule has 1 amide bonds. The number of amides is 1. The van der Waals surface area contributed by atoms with E-state index >= 15 is 0 Å². The molecule has 0 fully saturated rings. The van der Waals surface area contributed by atoms with Crippen LogP contribution in [0.5, 0.6) is 0 Å². The van der Waals surface area contributed by atoms with Crippen LogP contribution in [0, 0.1) is 20.8 Å². The van der Waals surface area contributed by atoms with E-state index in [1.165, 1.54) is 12.1 Å². The normalized spacial score (nSPS) is 11.3. The Morgan fingerprint density at radius 1 is 1.13 bits per heavy atom. The van der Waals surface area contributed by atoms with Crippen LogP contribution in [0.25, 0.3) is 0 Å². The van der Waals surface area contributed by atoms with E-state index in [2.05, 4.69) is 5.43 Å². The summed E-state index contributed by atoms with van der Waals surface area (Å²) in [6.45, 7) is 5.68. The van der Waals surface area contributed by atoms with Crippen LogP contribution >= 0.6 is 11.6 Å². The lowest BCUT2D eigenvalue weighted by molar-refractivity contribution is -0.654. The lowest BCUT2D eigenvalue weighted by atomic mass is 10.2. The fourth-order valence-electron chi connectivity index (χ4n) is 2.31. The average Bonchev–Trinajstić information content (AvgIpc) is 2.41. The van der Waals surface area contributed by atoms with Crippen LogP contribution in [0.1, 0.15) is 27.3 Å². The summed E-state index contributed by atoms with van der Waals surface area (Å²) >= 11 is 5.82. The molecule has 1 heterocycles. The predicted octanol–water partition coefficient (Wildman–Crippen LogP) is 1.58. The zero-order chi connectivity index (χ0) is 17.4. The van der Waals surface area contributed by atoms with E-state index in [1.807, 2.05) is 32.9 Å². The van der Waals surface area contributed by atoms with E-state index in [4.69, 9.17) is 16.7 Å². The molecule has 0 unspecified atom stereocenters. The number of hydrogen-bond acceptors (Lipinski definition) is 3. The van der Waals surface area contributed by atoms with Gasteiger partial charge >= 0.3 is 5.91 Å². The number of carbonyl (C=O) groups is 1. The minimum atomic E-state index is -4.00. The molecule has 3 N–H and O–H groups in total. The SMILES string of the molecule is Cc1cc(C)[n+](NC(=O)c2ccc(Cl)c(S(N)(=O)=O)c2)c(C)c1. The van der Waals surface area contributed by atoms with Gasteiger partial charge in [0.15, 0.2) is 0 Å². The maximum atomic E-state index is 12.4. The number of benzene rings is 1. The highest BCUT2D eigenvalue weighted by Gasteiger charge is 2.20. The maximum absolute atomic E-state index is 12.4. The Labute approximate surface area is 139 Å². The van der Waals surface area contributed by atoms with Crippen molar-refractivity contribution in [2.24, 2.45) is 5.14 Å². The van der Waals surface area contributed by atoms with Crippen molar-refractivity contribution >= 4 is 27.5 Å². The van der Waals surface area contributed by atoms with Gasteiger partial charge in [0.05, 0.1) is 5.02 Å². The van der Waals surface area contributed by atoms with E-state index < -0.39 is 15.9 Å². The molecule has 0 atom stereocenters. The molecule has 0 spiro atoms. The maximum Gasteiger partial charge on any atom is 0.305 e. The number of nitrogens with zero attached hydrogens (tertiary/aromatic N) is 1. The van der Waals surface area contributed by atoms with Gasteiger partial charge in [0.1, 0.15) is 4.90 Å². The molecule has 0 aliphatic rings. The quantitative estimate of drug-likeness (QED) is 0.819. The summed E-state index contributed by atoms with van der Waals surface area (Å²) in [6.07, 6.45) is 0. The molecular weight excluding hydrogens is 338 g/mol. The molecule has 1 aromatic carbocycles. The Kier molecular flexibility index (Phi) is 4.74. The van der Waals surface area contributed by atoms with Crippen LogP contribution in [-0.2, 0) is 10.0 Å². The number of pyridine rings is 1. The summed E-state index contributed by atoms with van der Waals surface area (Å²) in [7, 11) is -4.00. The monoisotopic (exact) mass is 354 g/mol. The molecule has 2 rings (SSSR count). The molecular formula is C15H17ClN3O3S+. The molecule has 0 radical (unpaired) electrons. The number of rotatable bonds is 3. The number of nitrogens with two attached hydrogens (primary N) is 1. The second kappa shape index (κ2) is 6.27. The third kappa shape index (κ3) is 3.87. The zero-order valence-corrected chi connectivity index (χ0v) is 14.5. The minimum absolute atomic E-state index is 0.0283. The highest BCUT2D eigenvalue weighted by atomic mass is 35.5. The number of primary sulfonamides is 1. The molecule has 0 aliphatic heterocycles. The number of halogens is 1. The highest BCUT2D eigenvalue weighted by molar-refractivity contribution is 7.89. The largest absolute Gasteiger partial charge is 0.305 e. The molecule has 0 saturated carbocycles. The van der Waals surface area contributed by atoms with E-state index in [0.717, 1.165) is 23.0 Å². The van der Waals surface area contributed by atoms with Crippen molar-refractivity contribution in [1.29, 1.82) is 0 Å². The van der Waals surface area contributed by atoms with Crippen LogP contribution in [0.3, 0.4) is 0 Å². The van der Waals surface area contributed by atoms with Gasteiger partial charge in [0.2, 0.25) is 21.4 Å². The van der Waals surface area contributed by atoms with Crippen molar-refractivity contribution in [2.45, 2.75) is 25.7 Å². The molecule has 0 bridgehead atoms. The third-order valence-corrected chi connectivity index (χ3v) is 4.68. The average molecular weight is 355 g/mol. The lowest BCUT2D eigenvalue weighted by Gasteiger charge is -2.07. The number of aryl methyl sites for hydroxylation is 3. The Hall–Kier alpha value is -1.96. The Balaban J connectivity index is 2.40. The predicted molar refractivity (Wildman–Crippen MR) is 87.4 cm³/mol. The van der Waals surface area contributed by atoms with Crippen LogP contribution in [0.2, 0.25) is 5.02 Å². The van der Waals surface area contributed by atoms with Gasteiger partial charge in [-0.1, -0.05) is 16.3 Å². The Morgan fingerprint density at radius 2 is 1.70 bits per heavy atom. The molecule has 8 heteroatoms. The van der Waals surface area contributed by atoms with Crippen molar-refractivity contribution in [2.75, 3.05) is 5.43 Å². The summed E-state index contributed by atoms with van der Waals surface area (Å²) in [5.74, 6) is -0.466. The molecule has 1 aromatic heterocycles. The van der Waals surface area contributed by atoms with Crippen molar-refractivity contribution < 1.29 is 17.9 Å². The summed E-state index contributed by atoms with van der Waals surface area (Å²) in [5, 5.41) is 5.07. The van der Waals surface area contributed by atoms with Gasteiger partial charge in [-0.15, -0.1) is 5.43 Å². The van der Waals surface area contributed by atoms with Gasteiger partial charge in [-0.3, -0.25) is 4.79 Å². The minimum Gasteiger partial charge on any atom is -0.264 e. The first-order valence-electron chi connectivity index (χ1n) is 6.73. The molecule has 0 saturated heterocycles. The van der Waals surface area contributed by atoms with E-state index in [1.54, 1.807) is 4.68 Å². The van der Waals surface area contributed by atoms with E-state index in [0.29, 0.717) is 0 Å². The molecule has 0 aliphatic carbocycles. The van der Waals surface area contributed by atoms with E-state index in [9.17, 15) is 13.2 Å². The smallest absolute Gasteiger partial charge is 0.264 e. The van der Waals surface area contributed by atoms with Crippen LogP contribution in [0.4, 0.5) is 0 Å². The summed E-state index contributed by atoms with van der Waals surface area (Å²) in [6, 6.07) is 7.77. The number of carbonyl (C=O) groups excluding carboxylic acids is 1. The molecule has 2 aromatic rings.